The van der Waals surface area contributed by atoms with Crippen molar-refractivity contribution in [2.45, 2.75) is 64.5 Å². The number of carbonyl (C=O) groups excluding carboxylic acids is 1. The topological polar surface area (TPSA) is 64.5 Å². The number of piperidine rings is 1. The SMILES string of the molecule is CC(C)(C)OC(=O)N1CCCCC1CCCOc1ncc(Cl)cn1. The maximum Gasteiger partial charge on any atom is 0.410 e. The third-order valence-corrected chi connectivity index (χ3v) is 3.96. The molecule has 0 spiro atoms. The summed E-state index contributed by atoms with van der Waals surface area (Å²) in [7, 11) is 0. The molecule has 0 bridgehead atoms. The first-order chi connectivity index (χ1) is 11.3. The minimum Gasteiger partial charge on any atom is -0.463 e. The van der Waals surface area contributed by atoms with Crippen LogP contribution < -0.4 is 4.74 Å². The molecule has 1 amide bonds. The van der Waals surface area contributed by atoms with Gasteiger partial charge in [-0.25, -0.2) is 14.8 Å². The maximum atomic E-state index is 12.4. The summed E-state index contributed by atoms with van der Waals surface area (Å²) < 4.78 is 11.0. The van der Waals surface area contributed by atoms with Gasteiger partial charge in [0.1, 0.15) is 5.60 Å². The van der Waals surface area contributed by atoms with Crippen molar-refractivity contribution < 1.29 is 14.3 Å². The Labute approximate surface area is 148 Å². The fourth-order valence-electron chi connectivity index (χ4n) is 2.72. The van der Waals surface area contributed by atoms with Gasteiger partial charge in [0.25, 0.3) is 0 Å². The molecule has 0 radical (unpaired) electrons. The number of halogens is 1. The lowest BCUT2D eigenvalue weighted by Crippen LogP contribution is -2.46. The summed E-state index contributed by atoms with van der Waals surface area (Å²) in [5.41, 5.74) is -0.464. The van der Waals surface area contributed by atoms with Crippen LogP contribution >= 0.6 is 11.6 Å². The van der Waals surface area contributed by atoms with Gasteiger partial charge in [0, 0.05) is 12.6 Å². The fraction of sp³-hybridized carbons (Fsp3) is 0.706. The van der Waals surface area contributed by atoms with Crippen LogP contribution in [0, 0.1) is 0 Å². The molecule has 1 aromatic heterocycles. The van der Waals surface area contributed by atoms with Crippen LogP contribution in [-0.2, 0) is 4.74 Å². The number of amides is 1. The zero-order valence-electron chi connectivity index (χ0n) is 14.6. The van der Waals surface area contributed by atoms with Crippen molar-refractivity contribution in [3.63, 3.8) is 0 Å². The van der Waals surface area contributed by atoms with Crippen LogP contribution in [0.5, 0.6) is 6.01 Å². The highest BCUT2D eigenvalue weighted by Crippen LogP contribution is 2.23. The maximum absolute atomic E-state index is 12.4. The molecule has 134 valence electrons. The van der Waals surface area contributed by atoms with Gasteiger partial charge < -0.3 is 14.4 Å². The van der Waals surface area contributed by atoms with Crippen molar-refractivity contribution in [3.05, 3.63) is 17.4 Å². The highest BCUT2D eigenvalue weighted by molar-refractivity contribution is 6.30. The minimum atomic E-state index is -0.464. The molecular weight excluding hydrogens is 330 g/mol. The average Bonchev–Trinajstić information content (AvgIpc) is 2.52. The number of likely N-dealkylation sites (tertiary alicyclic amines) is 1. The summed E-state index contributed by atoms with van der Waals surface area (Å²) in [4.78, 5) is 22.2. The largest absolute Gasteiger partial charge is 0.463 e. The van der Waals surface area contributed by atoms with E-state index in [0.717, 1.165) is 38.6 Å². The molecule has 7 heteroatoms. The number of hydrogen-bond acceptors (Lipinski definition) is 5. The van der Waals surface area contributed by atoms with Gasteiger partial charge in [-0.2, -0.15) is 0 Å². The first kappa shape index (κ1) is 18.8. The summed E-state index contributed by atoms with van der Waals surface area (Å²) in [5.74, 6) is 0. The molecule has 1 atom stereocenters. The van der Waals surface area contributed by atoms with Crippen LogP contribution in [0.15, 0.2) is 12.4 Å². The smallest absolute Gasteiger partial charge is 0.410 e. The first-order valence-electron chi connectivity index (χ1n) is 8.45. The van der Waals surface area contributed by atoms with E-state index in [1.54, 1.807) is 0 Å². The molecule has 24 heavy (non-hydrogen) atoms. The molecule has 1 saturated heterocycles. The van der Waals surface area contributed by atoms with Gasteiger partial charge in [-0.1, -0.05) is 11.6 Å². The molecule has 1 fully saturated rings. The second-order valence-corrected chi connectivity index (χ2v) is 7.43. The van der Waals surface area contributed by atoms with E-state index in [1.807, 2.05) is 25.7 Å². The second kappa shape index (κ2) is 8.51. The quantitative estimate of drug-likeness (QED) is 0.744. The van der Waals surface area contributed by atoms with E-state index in [2.05, 4.69) is 9.97 Å². The Hall–Kier alpha value is -1.56. The third kappa shape index (κ3) is 6.15. The Morgan fingerprint density at radius 1 is 1.33 bits per heavy atom. The van der Waals surface area contributed by atoms with Gasteiger partial charge in [0.2, 0.25) is 0 Å². The predicted molar refractivity (Wildman–Crippen MR) is 92.4 cm³/mol. The normalized spacial score (nSPS) is 18.3. The molecule has 1 unspecified atom stereocenters. The highest BCUT2D eigenvalue weighted by Gasteiger charge is 2.30. The molecule has 1 aromatic rings. The Bertz CT molecular complexity index is 531. The zero-order valence-corrected chi connectivity index (χ0v) is 15.4. The number of nitrogens with zero attached hydrogens (tertiary/aromatic N) is 3. The molecule has 0 aliphatic carbocycles. The predicted octanol–water partition coefficient (Wildman–Crippen LogP) is 4.08. The van der Waals surface area contributed by atoms with Crippen molar-refractivity contribution in [2.75, 3.05) is 13.2 Å². The first-order valence-corrected chi connectivity index (χ1v) is 8.83. The summed E-state index contributed by atoms with van der Waals surface area (Å²) in [5, 5.41) is 0.484. The molecular formula is C17H26ClN3O3. The highest BCUT2D eigenvalue weighted by atomic mass is 35.5. The van der Waals surface area contributed by atoms with Crippen LogP contribution in [-0.4, -0.2) is 45.8 Å². The van der Waals surface area contributed by atoms with E-state index < -0.39 is 5.60 Å². The summed E-state index contributed by atoms with van der Waals surface area (Å²) in [6.45, 7) is 6.96. The molecule has 2 heterocycles. The van der Waals surface area contributed by atoms with Gasteiger partial charge >= 0.3 is 12.1 Å². The van der Waals surface area contributed by atoms with Crippen LogP contribution in [0.2, 0.25) is 5.02 Å². The lowest BCUT2D eigenvalue weighted by molar-refractivity contribution is 0.00820. The zero-order chi connectivity index (χ0) is 17.6. The van der Waals surface area contributed by atoms with E-state index in [4.69, 9.17) is 21.1 Å². The molecule has 1 aliphatic heterocycles. The monoisotopic (exact) mass is 355 g/mol. The van der Waals surface area contributed by atoms with Crippen LogP contribution in [0.25, 0.3) is 0 Å². The van der Waals surface area contributed by atoms with Crippen molar-refractivity contribution in [1.82, 2.24) is 14.9 Å². The number of rotatable bonds is 5. The van der Waals surface area contributed by atoms with E-state index in [-0.39, 0.29) is 12.1 Å². The molecule has 1 aliphatic rings. The Balaban J connectivity index is 1.78. The number of hydrogen-bond donors (Lipinski definition) is 0. The summed E-state index contributed by atoms with van der Waals surface area (Å²) >= 11 is 5.74. The number of carbonyl (C=O) groups is 1. The number of aromatic nitrogens is 2. The third-order valence-electron chi connectivity index (χ3n) is 3.76. The van der Waals surface area contributed by atoms with Gasteiger partial charge in [0.05, 0.1) is 24.0 Å². The Morgan fingerprint density at radius 2 is 2.04 bits per heavy atom. The lowest BCUT2D eigenvalue weighted by atomic mass is 9.98. The second-order valence-electron chi connectivity index (χ2n) is 7.00. The van der Waals surface area contributed by atoms with Crippen molar-refractivity contribution in [2.24, 2.45) is 0 Å². The van der Waals surface area contributed by atoms with Crippen molar-refractivity contribution >= 4 is 17.7 Å². The van der Waals surface area contributed by atoms with Gasteiger partial charge in [0.15, 0.2) is 0 Å². The van der Waals surface area contributed by atoms with Crippen LogP contribution in [0.3, 0.4) is 0 Å². The lowest BCUT2D eigenvalue weighted by Gasteiger charge is -2.36. The molecule has 0 N–H and O–H groups in total. The Morgan fingerprint density at radius 3 is 2.71 bits per heavy atom. The molecule has 2 rings (SSSR count). The average molecular weight is 356 g/mol. The van der Waals surface area contributed by atoms with Crippen LogP contribution in [0.4, 0.5) is 4.79 Å². The summed E-state index contributed by atoms with van der Waals surface area (Å²) in [6.07, 6.45) is 7.70. The van der Waals surface area contributed by atoms with Crippen molar-refractivity contribution in [3.8, 4) is 6.01 Å². The number of ether oxygens (including phenoxy) is 2. The minimum absolute atomic E-state index is 0.211. The van der Waals surface area contributed by atoms with Crippen LogP contribution in [0.1, 0.15) is 52.9 Å². The van der Waals surface area contributed by atoms with Crippen molar-refractivity contribution in [1.29, 1.82) is 0 Å². The molecule has 0 aromatic carbocycles. The van der Waals surface area contributed by atoms with Gasteiger partial charge in [-0.3, -0.25) is 0 Å². The van der Waals surface area contributed by atoms with Gasteiger partial charge in [-0.05, 0) is 52.9 Å². The standard InChI is InChI=1S/C17H26ClN3O3/c1-17(2,3)24-16(22)21-9-5-4-7-14(21)8-6-10-23-15-19-11-13(18)12-20-15/h11-12,14H,4-10H2,1-3H3. The van der Waals surface area contributed by atoms with E-state index in [9.17, 15) is 4.79 Å². The molecule has 6 nitrogen and oxygen atoms in total. The summed E-state index contributed by atoms with van der Waals surface area (Å²) in [6, 6.07) is 0.537. The van der Waals surface area contributed by atoms with E-state index >= 15 is 0 Å². The van der Waals surface area contributed by atoms with E-state index in [0.29, 0.717) is 17.6 Å². The van der Waals surface area contributed by atoms with E-state index in [1.165, 1.54) is 12.4 Å². The molecule has 0 saturated carbocycles. The van der Waals surface area contributed by atoms with Gasteiger partial charge in [-0.15, -0.1) is 0 Å². The Kier molecular flexibility index (Phi) is 6.66. The fourth-order valence-corrected chi connectivity index (χ4v) is 2.82.